The number of aromatic nitrogens is 3. The molecule has 0 unspecified atom stereocenters. The van der Waals surface area contributed by atoms with E-state index < -0.39 is 0 Å². The summed E-state index contributed by atoms with van der Waals surface area (Å²) in [5.41, 5.74) is 2.75. The van der Waals surface area contributed by atoms with Gasteiger partial charge in [0.25, 0.3) is 0 Å². The minimum absolute atomic E-state index is 0.672. The van der Waals surface area contributed by atoms with Crippen LogP contribution >= 0.6 is 0 Å². The Morgan fingerprint density at radius 2 is 1.96 bits per heavy atom. The Balaban J connectivity index is 1.38. The van der Waals surface area contributed by atoms with Crippen molar-refractivity contribution in [1.82, 2.24) is 25.0 Å². The van der Waals surface area contributed by atoms with E-state index in [0.29, 0.717) is 6.54 Å². The number of hydrogen-bond donors (Lipinski definition) is 1. The van der Waals surface area contributed by atoms with Crippen molar-refractivity contribution in [1.29, 1.82) is 0 Å². The summed E-state index contributed by atoms with van der Waals surface area (Å²) in [7, 11) is 1.85. The number of nitrogens with one attached hydrogen (secondary N) is 1. The first-order chi connectivity index (χ1) is 13.3. The number of guanidine groups is 1. The molecule has 0 atom stereocenters. The fourth-order valence-corrected chi connectivity index (χ4v) is 3.94. The third-order valence-corrected chi connectivity index (χ3v) is 5.46. The second kappa shape index (κ2) is 8.37. The highest BCUT2D eigenvalue weighted by molar-refractivity contribution is 5.81. The average molecular weight is 364 g/mol. The highest BCUT2D eigenvalue weighted by Crippen LogP contribution is 2.22. The van der Waals surface area contributed by atoms with Gasteiger partial charge in [0.2, 0.25) is 0 Å². The molecule has 6 heteroatoms. The minimum atomic E-state index is 0.672. The first-order valence-electron chi connectivity index (χ1n) is 9.96. The van der Waals surface area contributed by atoms with Crippen molar-refractivity contribution < 1.29 is 0 Å². The molecule has 4 rings (SSSR count). The molecule has 3 heterocycles. The van der Waals surface area contributed by atoms with Gasteiger partial charge in [0.05, 0.1) is 6.54 Å². The predicted molar refractivity (Wildman–Crippen MR) is 108 cm³/mol. The fraction of sp³-hybridized carbons (Fsp3) is 0.476. The average Bonchev–Trinajstić information content (AvgIpc) is 2.96. The van der Waals surface area contributed by atoms with E-state index in [1.54, 1.807) is 0 Å². The van der Waals surface area contributed by atoms with E-state index in [0.717, 1.165) is 50.1 Å². The van der Waals surface area contributed by atoms with Crippen LogP contribution in [-0.2, 0) is 19.5 Å². The summed E-state index contributed by atoms with van der Waals surface area (Å²) in [6.07, 6.45) is 8.10. The Morgan fingerprint density at radius 1 is 1.07 bits per heavy atom. The molecule has 0 fully saturated rings. The lowest BCUT2D eigenvalue weighted by Crippen LogP contribution is -2.43. The maximum absolute atomic E-state index is 4.48. The van der Waals surface area contributed by atoms with Crippen molar-refractivity contribution in [2.75, 3.05) is 20.1 Å². The van der Waals surface area contributed by atoms with Crippen LogP contribution in [-0.4, -0.2) is 45.8 Å². The first kappa shape index (κ1) is 17.8. The molecule has 27 heavy (non-hydrogen) atoms. The van der Waals surface area contributed by atoms with Gasteiger partial charge in [-0.3, -0.25) is 4.99 Å². The van der Waals surface area contributed by atoms with Crippen molar-refractivity contribution in [2.24, 2.45) is 4.99 Å². The number of nitrogens with zero attached hydrogens (tertiary/aromatic N) is 5. The molecule has 1 N–H and O–H groups in total. The van der Waals surface area contributed by atoms with Gasteiger partial charge in [0.1, 0.15) is 5.82 Å². The van der Waals surface area contributed by atoms with E-state index in [1.165, 1.54) is 30.4 Å². The smallest absolute Gasteiger partial charge is 0.194 e. The van der Waals surface area contributed by atoms with Gasteiger partial charge < -0.3 is 14.8 Å². The molecule has 1 aromatic heterocycles. The Bertz CT molecular complexity index is 820. The molecule has 6 nitrogen and oxygen atoms in total. The molecule has 0 spiro atoms. The van der Waals surface area contributed by atoms with Gasteiger partial charge in [-0.25, -0.2) is 0 Å². The van der Waals surface area contributed by atoms with E-state index in [-0.39, 0.29) is 0 Å². The number of aryl methyl sites for hydroxylation is 1. The topological polar surface area (TPSA) is 58.3 Å². The summed E-state index contributed by atoms with van der Waals surface area (Å²) >= 11 is 0. The van der Waals surface area contributed by atoms with Crippen LogP contribution in [0.5, 0.6) is 0 Å². The lowest BCUT2D eigenvalue weighted by molar-refractivity contribution is 0.437. The Kier molecular flexibility index (Phi) is 5.51. The van der Waals surface area contributed by atoms with Gasteiger partial charge in [0.15, 0.2) is 11.8 Å². The standard InChI is InChI=1S/C21H28N6/c1-22-21(23-16-20-25-24-19-10-6-3-7-13-27(19)20)26-14-11-18(12-15-26)17-8-4-2-5-9-17/h2,4-5,8-9,11H,3,6-7,10,12-16H2,1H3,(H,22,23). The van der Waals surface area contributed by atoms with Crippen molar-refractivity contribution in [3.05, 3.63) is 53.6 Å². The molecule has 1 aromatic carbocycles. The van der Waals surface area contributed by atoms with Crippen LogP contribution in [0.2, 0.25) is 0 Å². The van der Waals surface area contributed by atoms with Gasteiger partial charge in [0, 0.05) is 33.1 Å². The minimum Gasteiger partial charge on any atom is -0.349 e. The van der Waals surface area contributed by atoms with E-state index in [4.69, 9.17) is 0 Å². The van der Waals surface area contributed by atoms with Crippen LogP contribution < -0.4 is 5.32 Å². The monoisotopic (exact) mass is 364 g/mol. The zero-order valence-corrected chi connectivity index (χ0v) is 16.1. The van der Waals surface area contributed by atoms with Crippen LogP contribution in [0.25, 0.3) is 5.57 Å². The lowest BCUT2D eigenvalue weighted by atomic mass is 10.00. The van der Waals surface area contributed by atoms with Gasteiger partial charge in [-0.15, -0.1) is 10.2 Å². The lowest BCUT2D eigenvalue weighted by Gasteiger charge is -2.29. The van der Waals surface area contributed by atoms with Crippen molar-refractivity contribution in [2.45, 2.75) is 45.2 Å². The quantitative estimate of drug-likeness (QED) is 0.672. The number of rotatable bonds is 3. The maximum atomic E-state index is 4.48. The Labute approximate surface area is 161 Å². The highest BCUT2D eigenvalue weighted by atomic mass is 15.3. The second-order valence-corrected chi connectivity index (χ2v) is 7.19. The largest absolute Gasteiger partial charge is 0.349 e. The zero-order valence-electron chi connectivity index (χ0n) is 16.1. The van der Waals surface area contributed by atoms with Gasteiger partial charge in [-0.2, -0.15) is 0 Å². The van der Waals surface area contributed by atoms with Gasteiger partial charge in [-0.05, 0) is 30.4 Å². The van der Waals surface area contributed by atoms with E-state index in [9.17, 15) is 0 Å². The summed E-state index contributed by atoms with van der Waals surface area (Å²) in [4.78, 5) is 6.78. The molecular formula is C21H28N6. The molecule has 0 bridgehead atoms. The summed E-state index contributed by atoms with van der Waals surface area (Å²) in [5.74, 6) is 3.09. The zero-order chi connectivity index (χ0) is 18.5. The summed E-state index contributed by atoms with van der Waals surface area (Å²) < 4.78 is 2.29. The summed E-state index contributed by atoms with van der Waals surface area (Å²) in [6.45, 7) is 3.55. The van der Waals surface area contributed by atoms with Crippen LogP contribution in [0.4, 0.5) is 0 Å². The Hall–Kier alpha value is -2.63. The molecule has 142 valence electrons. The highest BCUT2D eigenvalue weighted by Gasteiger charge is 2.18. The van der Waals surface area contributed by atoms with E-state index in [1.807, 2.05) is 7.05 Å². The normalized spacial score (nSPS) is 17.9. The molecule has 0 radical (unpaired) electrons. The molecule has 0 amide bonds. The van der Waals surface area contributed by atoms with Crippen molar-refractivity contribution in [3.8, 4) is 0 Å². The van der Waals surface area contributed by atoms with Gasteiger partial charge in [-0.1, -0.05) is 42.8 Å². The SMILES string of the molecule is CN=C(NCc1nnc2n1CCCCC2)N1CC=C(c2ccccc2)CC1. The molecule has 0 aliphatic carbocycles. The van der Waals surface area contributed by atoms with Crippen molar-refractivity contribution >= 4 is 11.5 Å². The molecular weight excluding hydrogens is 336 g/mol. The maximum Gasteiger partial charge on any atom is 0.194 e. The molecule has 2 aliphatic rings. The molecule has 2 aromatic rings. The van der Waals surface area contributed by atoms with Crippen LogP contribution in [0.3, 0.4) is 0 Å². The van der Waals surface area contributed by atoms with Gasteiger partial charge >= 0.3 is 0 Å². The number of benzene rings is 1. The van der Waals surface area contributed by atoms with E-state index >= 15 is 0 Å². The summed E-state index contributed by atoms with van der Waals surface area (Å²) in [5, 5.41) is 12.3. The third-order valence-electron chi connectivity index (χ3n) is 5.46. The Morgan fingerprint density at radius 3 is 2.74 bits per heavy atom. The van der Waals surface area contributed by atoms with Crippen LogP contribution in [0, 0.1) is 0 Å². The second-order valence-electron chi connectivity index (χ2n) is 7.19. The van der Waals surface area contributed by atoms with Crippen LogP contribution in [0.15, 0.2) is 41.4 Å². The summed E-state index contributed by atoms with van der Waals surface area (Å²) in [6, 6.07) is 10.6. The molecule has 0 saturated carbocycles. The third kappa shape index (κ3) is 4.04. The van der Waals surface area contributed by atoms with Crippen molar-refractivity contribution in [3.63, 3.8) is 0 Å². The predicted octanol–water partition coefficient (Wildman–Crippen LogP) is 2.87. The van der Waals surface area contributed by atoms with E-state index in [2.05, 4.69) is 66.4 Å². The molecule has 2 aliphatic heterocycles. The number of fused-ring (bicyclic) bond motifs is 1. The first-order valence-corrected chi connectivity index (χ1v) is 9.96. The molecule has 0 saturated heterocycles. The number of hydrogen-bond acceptors (Lipinski definition) is 3. The van der Waals surface area contributed by atoms with Crippen LogP contribution in [0.1, 0.15) is 42.9 Å². The fourth-order valence-electron chi connectivity index (χ4n) is 3.94. The number of aliphatic imine (C=N–C) groups is 1.